The zero-order chi connectivity index (χ0) is 13.7. The van der Waals surface area contributed by atoms with E-state index >= 15 is 0 Å². The van der Waals surface area contributed by atoms with Gasteiger partial charge in [0.05, 0.1) is 6.04 Å². The van der Waals surface area contributed by atoms with Gasteiger partial charge in [-0.25, -0.2) is 0 Å². The molecule has 2 heterocycles. The maximum absolute atomic E-state index is 6.03. The molecule has 19 heavy (non-hydrogen) atoms. The van der Waals surface area contributed by atoms with Gasteiger partial charge in [0.15, 0.2) is 0 Å². The Balaban J connectivity index is 2.10. The molecule has 0 amide bonds. The number of hydrogen-bond donors (Lipinski definition) is 1. The van der Waals surface area contributed by atoms with Gasteiger partial charge >= 0.3 is 0 Å². The van der Waals surface area contributed by atoms with E-state index in [0.717, 1.165) is 25.0 Å². The second-order valence-corrected chi connectivity index (χ2v) is 5.64. The molecule has 1 unspecified atom stereocenters. The molecule has 1 aromatic heterocycles. The van der Waals surface area contributed by atoms with Crippen LogP contribution in [0.5, 0.6) is 0 Å². The van der Waals surface area contributed by atoms with Crippen LogP contribution in [0.25, 0.3) is 0 Å². The fourth-order valence-corrected chi connectivity index (χ4v) is 2.65. The van der Waals surface area contributed by atoms with Gasteiger partial charge in [-0.15, -0.1) is 0 Å². The lowest BCUT2D eigenvalue weighted by Crippen LogP contribution is -2.36. The van der Waals surface area contributed by atoms with Crippen LogP contribution in [0.15, 0.2) is 4.52 Å². The third-order valence-electron chi connectivity index (χ3n) is 3.49. The van der Waals surface area contributed by atoms with Gasteiger partial charge in [0.1, 0.15) is 5.60 Å². The summed E-state index contributed by atoms with van der Waals surface area (Å²) in [5.74, 6) is 2.06. The first-order chi connectivity index (χ1) is 9.22. The van der Waals surface area contributed by atoms with Crippen LogP contribution in [0.4, 0.5) is 0 Å². The van der Waals surface area contributed by atoms with Crippen LogP contribution in [0, 0.1) is 0 Å². The van der Waals surface area contributed by atoms with Crippen LogP contribution in [-0.4, -0.2) is 42.5 Å². The summed E-state index contributed by atoms with van der Waals surface area (Å²) in [5.41, 5.74) is 5.55. The molecule has 0 bridgehead atoms. The third-order valence-corrected chi connectivity index (χ3v) is 4.13. The Morgan fingerprint density at radius 1 is 1.47 bits per heavy atom. The number of ether oxygens (including phenoxy) is 2. The Bertz CT molecular complexity index is 393. The van der Waals surface area contributed by atoms with E-state index in [4.69, 9.17) is 19.7 Å². The second kappa shape index (κ2) is 6.69. The molecule has 1 aromatic rings. The lowest BCUT2D eigenvalue weighted by atomic mass is 9.93. The van der Waals surface area contributed by atoms with Crippen LogP contribution in [0.3, 0.4) is 0 Å². The van der Waals surface area contributed by atoms with E-state index in [1.807, 2.05) is 6.26 Å². The number of aromatic nitrogens is 2. The van der Waals surface area contributed by atoms with Gasteiger partial charge < -0.3 is 19.7 Å². The van der Waals surface area contributed by atoms with Gasteiger partial charge in [0.2, 0.25) is 11.7 Å². The first kappa shape index (κ1) is 14.8. The van der Waals surface area contributed by atoms with Gasteiger partial charge in [-0.3, -0.25) is 0 Å². The summed E-state index contributed by atoms with van der Waals surface area (Å²) in [5, 5.41) is 4.06. The monoisotopic (exact) mass is 287 g/mol. The van der Waals surface area contributed by atoms with Gasteiger partial charge in [0.25, 0.3) is 0 Å². The topological polar surface area (TPSA) is 83.4 Å². The number of nitrogens with zero attached hydrogens (tertiary/aromatic N) is 2. The van der Waals surface area contributed by atoms with Crippen LogP contribution in [-0.2, 0) is 15.1 Å². The molecular formula is C12H21N3O3S. The molecule has 108 valence electrons. The fraction of sp³-hybridized carbons (Fsp3) is 0.833. The minimum absolute atomic E-state index is 0.206. The zero-order valence-electron chi connectivity index (χ0n) is 11.4. The fourth-order valence-electron chi connectivity index (χ4n) is 2.16. The normalized spacial score (nSPS) is 20.4. The van der Waals surface area contributed by atoms with Gasteiger partial charge in [-0.2, -0.15) is 16.7 Å². The van der Waals surface area contributed by atoms with Crippen molar-refractivity contribution in [3.05, 3.63) is 11.7 Å². The molecule has 1 aliphatic heterocycles. The van der Waals surface area contributed by atoms with Crippen molar-refractivity contribution < 1.29 is 14.0 Å². The summed E-state index contributed by atoms with van der Waals surface area (Å²) in [6.07, 6.45) is 4.35. The van der Waals surface area contributed by atoms with Crippen LogP contribution in [0.2, 0.25) is 0 Å². The first-order valence-corrected chi connectivity index (χ1v) is 7.83. The predicted molar refractivity (Wildman–Crippen MR) is 73.0 cm³/mol. The largest absolute Gasteiger partial charge is 0.381 e. The average Bonchev–Trinajstić information content (AvgIpc) is 2.96. The van der Waals surface area contributed by atoms with Crippen molar-refractivity contribution in [1.29, 1.82) is 0 Å². The van der Waals surface area contributed by atoms with Crippen molar-refractivity contribution in [2.75, 3.05) is 32.3 Å². The Kier molecular flexibility index (Phi) is 5.20. The number of nitrogens with two attached hydrogens (primary N) is 1. The maximum Gasteiger partial charge on any atom is 0.243 e. The lowest BCUT2D eigenvalue weighted by Gasteiger charge is -2.32. The summed E-state index contributed by atoms with van der Waals surface area (Å²) in [4.78, 5) is 4.44. The van der Waals surface area contributed by atoms with Crippen LogP contribution >= 0.6 is 11.8 Å². The molecule has 2 N–H and O–H groups in total. The molecular weight excluding hydrogens is 266 g/mol. The quantitative estimate of drug-likeness (QED) is 0.848. The number of thioether (sulfide) groups is 1. The van der Waals surface area contributed by atoms with E-state index in [0.29, 0.717) is 24.9 Å². The Hall–Kier alpha value is -0.630. The molecule has 0 spiro atoms. The summed E-state index contributed by atoms with van der Waals surface area (Å²) in [6.45, 7) is 1.30. The molecule has 7 heteroatoms. The molecule has 0 aromatic carbocycles. The highest BCUT2D eigenvalue weighted by Crippen LogP contribution is 2.34. The minimum Gasteiger partial charge on any atom is -0.381 e. The summed E-state index contributed by atoms with van der Waals surface area (Å²) in [6, 6.07) is -0.206. The molecule has 0 radical (unpaired) electrons. The van der Waals surface area contributed by atoms with Crippen LogP contribution in [0.1, 0.15) is 37.0 Å². The smallest absolute Gasteiger partial charge is 0.243 e. The van der Waals surface area contributed by atoms with Crippen molar-refractivity contribution in [3.8, 4) is 0 Å². The van der Waals surface area contributed by atoms with Gasteiger partial charge in [-0.1, -0.05) is 5.16 Å². The molecule has 0 aliphatic carbocycles. The Morgan fingerprint density at radius 3 is 2.84 bits per heavy atom. The summed E-state index contributed by atoms with van der Waals surface area (Å²) < 4.78 is 16.3. The molecule has 2 rings (SSSR count). The van der Waals surface area contributed by atoms with E-state index in [-0.39, 0.29) is 6.04 Å². The number of hydrogen-bond acceptors (Lipinski definition) is 7. The van der Waals surface area contributed by atoms with Gasteiger partial charge in [-0.05, 0) is 18.4 Å². The molecule has 1 atom stereocenters. The highest BCUT2D eigenvalue weighted by atomic mass is 32.2. The van der Waals surface area contributed by atoms with E-state index in [2.05, 4.69) is 10.1 Å². The Morgan fingerprint density at radius 2 is 2.21 bits per heavy atom. The second-order valence-electron chi connectivity index (χ2n) is 4.65. The SMILES string of the molecule is COC1(c2noc(C(N)CCSC)n2)CCOCC1. The molecule has 1 saturated heterocycles. The molecule has 6 nitrogen and oxygen atoms in total. The van der Waals surface area contributed by atoms with E-state index in [1.165, 1.54) is 0 Å². The highest BCUT2D eigenvalue weighted by Gasteiger charge is 2.39. The van der Waals surface area contributed by atoms with E-state index in [9.17, 15) is 0 Å². The minimum atomic E-state index is -0.487. The van der Waals surface area contributed by atoms with Crippen molar-refractivity contribution in [1.82, 2.24) is 10.1 Å². The lowest BCUT2D eigenvalue weighted by molar-refractivity contribution is -0.101. The summed E-state index contributed by atoms with van der Waals surface area (Å²) >= 11 is 1.75. The number of methoxy groups -OCH3 is 1. The Labute approximate surface area is 117 Å². The van der Waals surface area contributed by atoms with E-state index in [1.54, 1.807) is 18.9 Å². The maximum atomic E-state index is 6.03. The standard InChI is InChI=1S/C12H21N3O3S/c1-16-12(4-6-17-7-5-12)11-14-10(18-15-11)9(13)3-8-19-2/h9H,3-8,13H2,1-2H3. The first-order valence-electron chi connectivity index (χ1n) is 6.43. The highest BCUT2D eigenvalue weighted by molar-refractivity contribution is 7.98. The third kappa shape index (κ3) is 3.28. The predicted octanol–water partition coefficient (Wildman–Crippen LogP) is 1.47. The molecule has 1 fully saturated rings. The zero-order valence-corrected chi connectivity index (χ0v) is 12.2. The van der Waals surface area contributed by atoms with E-state index < -0.39 is 5.60 Å². The average molecular weight is 287 g/mol. The molecule has 1 aliphatic rings. The van der Waals surface area contributed by atoms with Crippen molar-refractivity contribution >= 4 is 11.8 Å². The van der Waals surface area contributed by atoms with Crippen molar-refractivity contribution in [2.24, 2.45) is 5.73 Å². The van der Waals surface area contributed by atoms with Gasteiger partial charge in [0, 0.05) is 33.2 Å². The van der Waals surface area contributed by atoms with Crippen molar-refractivity contribution in [3.63, 3.8) is 0 Å². The summed E-state index contributed by atoms with van der Waals surface area (Å²) in [7, 11) is 1.68. The van der Waals surface area contributed by atoms with Crippen molar-refractivity contribution in [2.45, 2.75) is 30.9 Å². The molecule has 0 saturated carbocycles. The number of rotatable bonds is 6. The van der Waals surface area contributed by atoms with Crippen LogP contribution < -0.4 is 5.73 Å².